The van der Waals surface area contributed by atoms with Crippen LogP contribution in [0.1, 0.15) is 79.9 Å². The first-order chi connectivity index (χ1) is 25.8. The van der Waals surface area contributed by atoms with Crippen molar-refractivity contribution in [2.45, 2.75) is 70.0 Å². The smallest absolute Gasteiger partial charge is 0.272 e. The summed E-state index contributed by atoms with van der Waals surface area (Å²) in [6, 6.07) is 10.3. The van der Waals surface area contributed by atoms with Crippen LogP contribution in [0.5, 0.6) is 0 Å². The van der Waals surface area contributed by atoms with Gasteiger partial charge >= 0.3 is 0 Å². The third kappa shape index (κ3) is 6.99. The van der Waals surface area contributed by atoms with Gasteiger partial charge in [-0.1, -0.05) is 25.1 Å². The monoisotopic (exact) mass is 739 g/mol. The summed E-state index contributed by atoms with van der Waals surface area (Å²) in [6.07, 6.45) is 7.49. The molecular weight excluding hydrogens is 690 g/mol. The zero-order chi connectivity index (χ0) is 38.5. The van der Waals surface area contributed by atoms with Gasteiger partial charge in [-0.25, -0.2) is 9.88 Å². The molecule has 0 bridgehead atoms. The largest absolute Gasteiger partial charge is 0.393 e. The number of para-hydroxylation sites is 1. The molecule has 1 aromatic carbocycles. The van der Waals surface area contributed by atoms with Crippen molar-refractivity contribution in [1.29, 1.82) is 0 Å². The van der Waals surface area contributed by atoms with Crippen LogP contribution in [0.3, 0.4) is 0 Å². The third-order valence-corrected chi connectivity index (χ3v) is 10.7. The maximum atomic E-state index is 13.1. The highest BCUT2D eigenvalue weighted by molar-refractivity contribution is 5.97. The lowest BCUT2D eigenvalue weighted by Gasteiger charge is -2.47. The summed E-state index contributed by atoms with van der Waals surface area (Å²) in [5.74, 6) is -3.25. The van der Waals surface area contributed by atoms with Crippen LogP contribution in [0.25, 0.3) is 11.1 Å². The molecule has 7 rings (SSSR count). The molecular formula is C38H49N11O5. The molecule has 2 aromatic heterocycles. The number of allylic oxidation sites excluding steroid dienone is 1. The van der Waals surface area contributed by atoms with Gasteiger partial charge in [0.2, 0.25) is 5.91 Å². The van der Waals surface area contributed by atoms with E-state index in [1.54, 1.807) is 19.2 Å². The molecule has 3 amide bonds. The van der Waals surface area contributed by atoms with Crippen molar-refractivity contribution in [2.24, 2.45) is 17.4 Å². The molecule has 9 N–H and O–H groups in total. The summed E-state index contributed by atoms with van der Waals surface area (Å²) in [5, 5.41) is 36.4. The van der Waals surface area contributed by atoms with Crippen LogP contribution in [0, 0.1) is 5.92 Å². The van der Waals surface area contributed by atoms with E-state index in [1.165, 1.54) is 21.9 Å². The third-order valence-electron chi connectivity index (χ3n) is 10.7. The fourth-order valence-corrected chi connectivity index (χ4v) is 7.08. The number of pyridine rings is 1. The molecule has 2 saturated carbocycles. The molecule has 0 radical (unpaired) electrons. The number of aliphatic hydroxyl groups is 2. The van der Waals surface area contributed by atoms with E-state index in [0.717, 1.165) is 54.6 Å². The Morgan fingerprint density at radius 1 is 1.04 bits per heavy atom. The minimum absolute atomic E-state index is 0.0279. The SMILES string of the molecule is CCC1c2c(cnn2C2CN(C(O)(O)c3cccc(C(=O)N(C)CC)n3)C2)-c2cccc(NC(/C=C(\N)NC(=O)C3CC3)=C(/N)C(=O)NC3CC3)c2N1C. The highest BCUT2D eigenvalue weighted by atomic mass is 16.5. The molecule has 16 heteroatoms. The lowest BCUT2D eigenvalue weighted by atomic mass is 9.91. The Hall–Kier alpha value is -5.45. The maximum Gasteiger partial charge on any atom is 0.272 e. The number of benzene rings is 1. The lowest BCUT2D eigenvalue weighted by molar-refractivity contribution is -0.302. The van der Waals surface area contributed by atoms with Gasteiger partial charge < -0.3 is 47.4 Å². The molecule has 0 spiro atoms. The van der Waals surface area contributed by atoms with Crippen molar-refractivity contribution in [3.05, 3.63) is 83.0 Å². The van der Waals surface area contributed by atoms with Gasteiger partial charge in [-0.15, -0.1) is 0 Å². The van der Waals surface area contributed by atoms with Gasteiger partial charge in [-0.05, 0) is 57.2 Å². The number of rotatable bonds is 13. The van der Waals surface area contributed by atoms with Gasteiger partial charge in [0.15, 0.2) is 0 Å². The molecule has 4 heterocycles. The average molecular weight is 740 g/mol. The standard InChI is InChI=1S/C38H49N11O5/c1-5-29-34-25(18-41-49(34)23-19-48(20-23)38(53,54)30-12-8-11-27(44-30)37(52)46(3)6-2)24-9-7-10-26(33(24)47(29)4)43-28(32(40)36(51)42-22-15-16-22)17-31(39)45-35(50)21-13-14-21/h7-12,17-18,21-23,29,43,53-54H,5-6,13-16,19-20,39-40H2,1-4H3,(H,42,51)(H,45,50)/b31-17+,32-28+. The second-order valence-corrected chi connectivity index (χ2v) is 14.6. The Balaban J connectivity index is 1.16. The number of aromatic nitrogens is 3. The van der Waals surface area contributed by atoms with E-state index in [0.29, 0.717) is 12.2 Å². The van der Waals surface area contributed by atoms with Crippen molar-refractivity contribution in [3.8, 4) is 11.1 Å². The highest BCUT2D eigenvalue weighted by Crippen LogP contribution is 2.50. The molecule has 4 aliphatic rings. The normalized spacial score (nSPS) is 19.3. The predicted molar refractivity (Wildman–Crippen MR) is 202 cm³/mol. The first-order valence-electron chi connectivity index (χ1n) is 18.5. The van der Waals surface area contributed by atoms with Crippen molar-refractivity contribution in [2.75, 3.05) is 43.9 Å². The van der Waals surface area contributed by atoms with E-state index in [9.17, 15) is 24.6 Å². The summed E-state index contributed by atoms with van der Waals surface area (Å²) < 4.78 is 1.97. The Labute approximate surface area is 313 Å². The fraction of sp³-hybridized carbons (Fsp3) is 0.447. The second kappa shape index (κ2) is 14.4. The average Bonchev–Trinajstić information content (AvgIpc) is 4.08. The van der Waals surface area contributed by atoms with E-state index in [1.807, 2.05) is 43.0 Å². The summed E-state index contributed by atoms with van der Waals surface area (Å²) in [7, 11) is 3.66. The Kier molecular flexibility index (Phi) is 9.85. The molecule has 16 nitrogen and oxygen atoms in total. The van der Waals surface area contributed by atoms with Gasteiger partial charge in [-0.3, -0.25) is 19.1 Å². The number of hydrogen-bond acceptors (Lipinski definition) is 12. The second-order valence-electron chi connectivity index (χ2n) is 14.6. The van der Waals surface area contributed by atoms with Crippen LogP contribution in [-0.4, -0.2) is 92.3 Å². The number of nitrogens with zero attached hydrogens (tertiary/aromatic N) is 6. The van der Waals surface area contributed by atoms with Crippen LogP contribution >= 0.6 is 0 Å². The van der Waals surface area contributed by atoms with Gasteiger partial charge in [0.25, 0.3) is 17.7 Å². The van der Waals surface area contributed by atoms with Gasteiger partial charge in [-0.2, -0.15) is 5.10 Å². The van der Waals surface area contributed by atoms with E-state index in [4.69, 9.17) is 16.6 Å². The van der Waals surface area contributed by atoms with Crippen molar-refractivity contribution < 1.29 is 24.6 Å². The number of anilines is 2. The first kappa shape index (κ1) is 36.9. The predicted octanol–water partition coefficient (Wildman–Crippen LogP) is 1.78. The van der Waals surface area contributed by atoms with Gasteiger partial charge in [0.1, 0.15) is 22.9 Å². The molecule has 1 saturated heterocycles. The number of hydrogen-bond donors (Lipinski definition) is 7. The maximum absolute atomic E-state index is 13.1. The van der Waals surface area contributed by atoms with Crippen LogP contribution in [0.4, 0.5) is 11.4 Å². The highest BCUT2D eigenvalue weighted by Gasteiger charge is 2.46. The van der Waals surface area contributed by atoms with E-state index in [-0.39, 0.29) is 77.6 Å². The topological polar surface area (TPSA) is 220 Å². The molecule has 3 aromatic rings. The number of carbonyl (C=O) groups excluding carboxylic acids is 3. The molecule has 3 fully saturated rings. The van der Waals surface area contributed by atoms with E-state index in [2.05, 4.69) is 32.8 Å². The van der Waals surface area contributed by atoms with Crippen LogP contribution in [0.15, 0.2) is 65.9 Å². The first-order valence-corrected chi connectivity index (χ1v) is 18.5. The van der Waals surface area contributed by atoms with Crippen molar-refractivity contribution >= 4 is 29.1 Å². The van der Waals surface area contributed by atoms with Gasteiger partial charge in [0, 0.05) is 62.9 Å². The van der Waals surface area contributed by atoms with Crippen LogP contribution < -0.4 is 32.3 Å². The van der Waals surface area contributed by atoms with Crippen molar-refractivity contribution in [3.63, 3.8) is 0 Å². The van der Waals surface area contributed by atoms with Crippen LogP contribution in [-0.2, 0) is 15.5 Å². The molecule has 2 aliphatic carbocycles. The molecule has 1 unspecified atom stereocenters. The molecule has 286 valence electrons. The van der Waals surface area contributed by atoms with Crippen LogP contribution in [0.2, 0.25) is 0 Å². The number of fused-ring (bicyclic) bond motifs is 3. The Morgan fingerprint density at radius 3 is 2.43 bits per heavy atom. The molecule has 2 aliphatic heterocycles. The quantitative estimate of drug-likeness (QED) is 0.0758. The minimum Gasteiger partial charge on any atom is -0.393 e. The van der Waals surface area contributed by atoms with E-state index < -0.39 is 11.8 Å². The zero-order valence-electron chi connectivity index (χ0n) is 31.0. The number of carbonyl (C=O) groups is 3. The summed E-state index contributed by atoms with van der Waals surface area (Å²) >= 11 is 0. The zero-order valence-corrected chi connectivity index (χ0v) is 31.0. The molecule has 1 atom stereocenters. The number of amides is 3. The summed E-state index contributed by atoms with van der Waals surface area (Å²) in [6.45, 7) is 5.00. The minimum atomic E-state index is -2.39. The lowest BCUT2D eigenvalue weighted by Crippen LogP contribution is -2.59. The fourth-order valence-electron chi connectivity index (χ4n) is 7.08. The van der Waals surface area contributed by atoms with E-state index >= 15 is 0 Å². The number of nitrogens with one attached hydrogen (secondary N) is 3. The summed E-state index contributed by atoms with van der Waals surface area (Å²) in [4.78, 5) is 47.8. The Morgan fingerprint density at radius 2 is 1.76 bits per heavy atom. The summed E-state index contributed by atoms with van der Waals surface area (Å²) in [5.41, 5.74) is 17.4. The number of nitrogens with two attached hydrogens (primary N) is 2. The van der Waals surface area contributed by atoms with Crippen molar-refractivity contribution in [1.82, 2.24) is 35.2 Å². The Bertz CT molecular complexity index is 2030. The molecule has 54 heavy (non-hydrogen) atoms. The number of likely N-dealkylation sites (tertiary alicyclic amines) is 1. The van der Waals surface area contributed by atoms with Gasteiger partial charge in [0.05, 0.1) is 41.0 Å².